The van der Waals surface area contributed by atoms with Crippen molar-refractivity contribution < 1.29 is 0 Å². The second-order valence-electron chi connectivity index (χ2n) is 4.16. The fourth-order valence-corrected chi connectivity index (χ4v) is 1.82. The van der Waals surface area contributed by atoms with Gasteiger partial charge in [-0.3, -0.25) is 0 Å². The van der Waals surface area contributed by atoms with Crippen molar-refractivity contribution in [2.24, 2.45) is 5.92 Å². The quantitative estimate of drug-likeness (QED) is 0.626. The number of nitrogens with one attached hydrogen (secondary N) is 1. The Labute approximate surface area is 76.3 Å². The summed E-state index contributed by atoms with van der Waals surface area (Å²) >= 11 is 0. The van der Waals surface area contributed by atoms with Gasteiger partial charge in [0.05, 0.1) is 0 Å². The molecule has 0 bridgehead atoms. The third kappa shape index (κ3) is 4.07. The van der Waals surface area contributed by atoms with Crippen molar-refractivity contribution in [2.75, 3.05) is 33.7 Å². The van der Waals surface area contributed by atoms with Crippen LogP contribution in [0.5, 0.6) is 0 Å². The average molecular weight is 170 g/mol. The van der Waals surface area contributed by atoms with Gasteiger partial charge in [-0.05, 0) is 58.9 Å². The van der Waals surface area contributed by atoms with Crippen molar-refractivity contribution in [1.82, 2.24) is 10.2 Å². The van der Waals surface area contributed by atoms with Crippen LogP contribution in [-0.2, 0) is 0 Å². The van der Waals surface area contributed by atoms with Gasteiger partial charge in [0.2, 0.25) is 0 Å². The summed E-state index contributed by atoms with van der Waals surface area (Å²) in [5, 5.41) is 3.41. The monoisotopic (exact) mass is 170 g/mol. The van der Waals surface area contributed by atoms with Crippen molar-refractivity contribution in [2.45, 2.75) is 25.7 Å². The van der Waals surface area contributed by atoms with Gasteiger partial charge in [-0.2, -0.15) is 0 Å². The van der Waals surface area contributed by atoms with Crippen molar-refractivity contribution in [1.29, 1.82) is 0 Å². The molecule has 1 heterocycles. The number of rotatable bonds is 5. The molecule has 0 aromatic heterocycles. The fraction of sp³-hybridized carbons (Fsp3) is 1.00. The van der Waals surface area contributed by atoms with Crippen LogP contribution in [-0.4, -0.2) is 38.6 Å². The molecule has 0 saturated carbocycles. The second kappa shape index (κ2) is 5.55. The molecule has 0 spiro atoms. The van der Waals surface area contributed by atoms with E-state index >= 15 is 0 Å². The van der Waals surface area contributed by atoms with Crippen molar-refractivity contribution >= 4 is 0 Å². The molecular formula is C10H22N2. The molecule has 1 saturated heterocycles. The van der Waals surface area contributed by atoms with Gasteiger partial charge in [-0.15, -0.1) is 0 Å². The van der Waals surface area contributed by atoms with E-state index in [-0.39, 0.29) is 0 Å². The molecule has 1 atom stereocenters. The van der Waals surface area contributed by atoms with Gasteiger partial charge >= 0.3 is 0 Å². The molecule has 2 heteroatoms. The predicted molar refractivity (Wildman–Crippen MR) is 53.4 cm³/mol. The highest BCUT2D eigenvalue weighted by Gasteiger charge is 2.12. The van der Waals surface area contributed by atoms with Crippen LogP contribution in [0.15, 0.2) is 0 Å². The van der Waals surface area contributed by atoms with Gasteiger partial charge in [0.25, 0.3) is 0 Å². The molecule has 0 aromatic carbocycles. The van der Waals surface area contributed by atoms with E-state index in [0.29, 0.717) is 0 Å². The van der Waals surface area contributed by atoms with Gasteiger partial charge < -0.3 is 10.2 Å². The van der Waals surface area contributed by atoms with E-state index in [0.717, 1.165) is 5.92 Å². The van der Waals surface area contributed by atoms with Gasteiger partial charge in [0.1, 0.15) is 0 Å². The summed E-state index contributed by atoms with van der Waals surface area (Å²) in [5.74, 6) is 0.979. The Kier molecular flexibility index (Phi) is 4.62. The molecule has 1 aliphatic rings. The van der Waals surface area contributed by atoms with E-state index in [1.165, 1.54) is 45.3 Å². The highest BCUT2D eigenvalue weighted by atomic mass is 15.0. The third-order valence-corrected chi connectivity index (χ3v) is 2.63. The predicted octanol–water partition coefficient (Wildman–Crippen LogP) is 1.33. The third-order valence-electron chi connectivity index (χ3n) is 2.63. The molecule has 0 unspecified atom stereocenters. The Morgan fingerprint density at radius 1 is 1.33 bits per heavy atom. The van der Waals surface area contributed by atoms with E-state index in [4.69, 9.17) is 0 Å². The number of hydrogen-bond donors (Lipinski definition) is 1. The number of nitrogens with zero attached hydrogens (tertiary/aromatic N) is 1. The number of unbranched alkanes of at least 4 members (excludes halogenated alkanes) is 1. The molecule has 0 aromatic rings. The first-order valence-electron chi connectivity index (χ1n) is 5.14. The van der Waals surface area contributed by atoms with E-state index in [2.05, 4.69) is 24.3 Å². The van der Waals surface area contributed by atoms with Crippen LogP contribution in [0.25, 0.3) is 0 Å². The Morgan fingerprint density at radius 2 is 2.17 bits per heavy atom. The maximum absolute atomic E-state index is 3.41. The standard InChI is InChI=1S/C10H22N2/c1-12(2)8-4-3-5-10-6-7-11-9-10/h10-11H,3-9H2,1-2H3/t10-/m0/s1. The lowest BCUT2D eigenvalue weighted by atomic mass is 10.0. The zero-order valence-electron chi connectivity index (χ0n) is 8.47. The Bertz CT molecular complexity index is 106. The first-order valence-corrected chi connectivity index (χ1v) is 5.14. The van der Waals surface area contributed by atoms with Gasteiger partial charge in [0, 0.05) is 0 Å². The van der Waals surface area contributed by atoms with Crippen LogP contribution in [0.1, 0.15) is 25.7 Å². The minimum Gasteiger partial charge on any atom is -0.316 e. The van der Waals surface area contributed by atoms with E-state index in [9.17, 15) is 0 Å². The fourth-order valence-electron chi connectivity index (χ4n) is 1.82. The minimum atomic E-state index is 0.979. The molecule has 0 amide bonds. The van der Waals surface area contributed by atoms with Crippen LogP contribution in [0.4, 0.5) is 0 Å². The molecular weight excluding hydrogens is 148 g/mol. The maximum Gasteiger partial charge on any atom is -0.00200 e. The Morgan fingerprint density at radius 3 is 2.75 bits per heavy atom. The first kappa shape index (κ1) is 10.0. The van der Waals surface area contributed by atoms with Crippen molar-refractivity contribution in [3.8, 4) is 0 Å². The maximum atomic E-state index is 3.41. The van der Waals surface area contributed by atoms with Gasteiger partial charge in [-0.1, -0.05) is 6.42 Å². The number of hydrogen-bond acceptors (Lipinski definition) is 2. The van der Waals surface area contributed by atoms with Crippen molar-refractivity contribution in [3.05, 3.63) is 0 Å². The highest BCUT2D eigenvalue weighted by Crippen LogP contribution is 2.15. The topological polar surface area (TPSA) is 15.3 Å². The molecule has 1 N–H and O–H groups in total. The average Bonchev–Trinajstić information content (AvgIpc) is 2.49. The molecule has 12 heavy (non-hydrogen) atoms. The molecule has 1 rings (SSSR count). The van der Waals surface area contributed by atoms with E-state index in [1.54, 1.807) is 0 Å². The lowest BCUT2D eigenvalue weighted by Crippen LogP contribution is -2.13. The zero-order valence-corrected chi connectivity index (χ0v) is 8.47. The van der Waals surface area contributed by atoms with Crippen molar-refractivity contribution in [3.63, 3.8) is 0 Å². The van der Waals surface area contributed by atoms with E-state index < -0.39 is 0 Å². The molecule has 0 radical (unpaired) electrons. The summed E-state index contributed by atoms with van der Waals surface area (Å²) < 4.78 is 0. The molecule has 1 aliphatic heterocycles. The highest BCUT2D eigenvalue weighted by molar-refractivity contribution is 4.70. The Hall–Kier alpha value is -0.0800. The largest absolute Gasteiger partial charge is 0.316 e. The summed E-state index contributed by atoms with van der Waals surface area (Å²) in [4.78, 5) is 2.27. The van der Waals surface area contributed by atoms with Crippen LogP contribution < -0.4 is 5.32 Å². The van der Waals surface area contributed by atoms with E-state index in [1.807, 2.05) is 0 Å². The molecule has 1 fully saturated rings. The van der Waals surface area contributed by atoms with Crippen LogP contribution in [0.3, 0.4) is 0 Å². The molecule has 0 aliphatic carbocycles. The second-order valence-corrected chi connectivity index (χ2v) is 4.16. The smallest absolute Gasteiger partial charge is 0.00200 e. The lowest BCUT2D eigenvalue weighted by molar-refractivity contribution is 0.379. The van der Waals surface area contributed by atoms with Crippen LogP contribution >= 0.6 is 0 Å². The lowest BCUT2D eigenvalue weighted by Gasteiger charge is -2.10. The van der Waals surface area contributed by atoms with Crippen LogP contribution in [0, 0.1) is 5.92 Å². The molecule has 2 nitrogen and oxygen atoms in total. The van der Waals surface area contributed by atoms with Crippen LogP contribution in [0.2, 0.25) is 0 Å². The summed E-state index contributed by atoms with van der Waals surface area (Å²) in [6, 6.07) is 0. The minimum absolute atomic E-state index is 0.979. The normalized spacial score (nSPS) is 23.8. The SMILES string of the molecule is CN(C)CCCC[C@H]1CCNC1. The zero-order chi connectivity index (χ0) is 8.81. The van der Waals surface area contributed by atoms with Gasteiger partial charge in [0.15, 0.2) is 0 Å². The molecule has 72 valence electrons. The Balaban J connectivity index is 1.88. The summed E-state index contributed by atoms with van der Waals surface area (Å²) in [5.41, 5.74) is 0. The van der Waals surface area contributed by atoms with Gasteiger partial charge in [-0.25, -0.2) is 0 Å². The summed E-state index contributed by atoms with van der Waals surface area (Å²) in [7, 11) is 4.30. The summed E-state index contributed by atoms with van der Waals surface area (Å²) in [6.07, 6.45) is 5.61. The summed E-state index contributed by atoms with van der Waals surface area (Å²) in [6.45, 7) is 3.76. The first-order chi connectivity index (χ1) is 5.79.